The minimum absolute atomic E-state index is 0.409. The maximum Gasteiger partial charge on any atom is 0.490 e. The van der Waals surface area contributed by atoms with Gasteiger partial charge in [-0.1, -0.05) is 19.9 Å². The number of ether oxygens (including phenoxy) is 1. The SMILES string of the molecule is Cc1nc(OCC(C)C)ccc1B(O)O. The summed E-state index contributed by atoms with van der Waals surface area (Å²) in [4.78, 5) is 4.12. The number of nitrogens with zero attached hydrogens (tertiary/aromatic N) is 1. The van der Waals surface area contributed by atoms with Gasteiger partial charge in [-0.3, -0.25) is 0 Å². The van der Waals surface area contributed by atoms with Crippen molar-refractivity contribution in [1.29, 1.82) is 0 Å². The van der Waals surface area contributed by atoms with E-state index in [1.54, 1.807) is 19.1 Å². The Morgan fingerprint density at radius 2 is 2.07 bits per heavy atom. The molecule has 5 heteroatoms. The molecule has 2 N–H and O–H groups in total. The molecule has 0 aromatic carbocycles. The predicted octanol–water partition coefficient (Wildman–Crippen LogP) is 0.105. The first-order chi connectivity index (χ1) is 7.00. The monoisotopic (exact) mass is 209 g/mol. The van der Waals surface area contributed by atoms with Gasteiger partial charge >= 0.3 is 7.12 Å². The number of hydrogen-bond donors (Lipinski definition) is 2. The van der Waals surface area contributed by atoms with Gasteiger partial charge in [0.25, 0.3) is 0 Å². The summed E-state index contributed by atoms with van der Waals surface area (Å²) in [5.41, 5.74) is 0.984. The fourth-order valence-corrected chi connectivity index (χ4v) is 1.15. The Hall–Kier alpha value is -1.07. The molecule has 0 fully saturated rings. The van der Waals surface area contributed by atoms with Crippen molar-refractivity contribution < 1.29 is 14.8 Å². The molecule has 0 bridgehead atoms. The van der Waals surface area contributed by atoms with E-state index in [1.165, 1.54) is 0 Å². The Balaban J connectivity index is 2.73. The van der Waals surface area contributed by atoms with Crippen molar-refractivity contribution in [1.82, 2.24) is 4.98 Å². The predicted molar refractivity (Wildman–Crippen MR) is 59.1 cm³/mol. The van der Waals surface area contributed by atoms with Crippen LogP contribution in [0.3, 0.4) is 0 Å². The van der Waals surface area contributed by atoms with E-state index in [9.17, 15) is 0 Å². The fourth-order valence-electron chi connectivity index (χ4n) is 1.15. The summed E-state index contributed by atoms with van der Waals surface area (Å²) in [6, 6.07) is 3.26. The van der Waals surface area contributed by atoms with E-state index >= 15 is 0 Å². The molecule has 0 spiro atoms. The molecule has 1 aromatic heterocycles. The van der Waals surface area contributed by atoms with Crippen LogP contribution in [0.5, 0.6) is 5.88 Å². The topological polar surface area (TPSA) is 62.6 Å². The van der Waals surface area contributed by atoms with Crippen molar-refractivity contribution in [3.05, 3.63) is 17.8 Å². The largest absolute Gasteiger partial charge is 0.490 e. The smallest absolute Gasteiger partial charge is 0.477 e. The molecule has 82 valence electrons. The third kappa shape index (κ3) is 3.53. The quantitative estimate of drug-likeness (QED) is 0.690. The van der Waals surface area contributed by atoms with E-state index in [0.717, 1.165) is 0 Å². The standard InChI is InChI=1S/C10H16BNO3/c1-7(2)6-15-10-5-4-9(11(13)14)8(3)12-10/h4-5,7,13-14H,6H2,1-3H3. The minimum atomic E-state index is -1.48. The Labute approximate surface area is 90.1 Å². The van der Waals surface area contributed by atoms with Gasteiger partial charge in [0.05, 0.1) is 6.61 Å². The fraction of sp³-hybridized carbons (Fsp3) is 0.500. The number of rotatable bonds is 4. The summed E-state index contributed by atoms with van der Waals surface area (Å²) in [6.45, 7) is 6.43. The lowest BCUT2D eigenvalue weighted by Gasteiger charge is -2.10. The molecular weight excluding hydrogens is 193 g/mol. The van der Waals surface area contributed by atoms with Gasteiger partial charge in [-0.05, 0) is 18.9 Å². The minimum Gasteiger partial charge on any atom is -0.477 e. The van der Waals surface area contributed by atoms with Gasteiger partial charge in [-0.25, -0.2) is 4.98 Å². The van der Waals surface area contributed by atoms with Crippen LogP contribution in [0.2, 0.25) is 0 Å². The molecule has 1 aromatic rings. The molecule has 0 unspecified atom stereocenters. The molecule has 0 aliphatic heterocycles. The van der Waals surface area contributed by atoms with E-state index < -0.39 is 7.12 Å². The second kappa shape index (κ2) is 5.14. The molecule has 0 aliphatic carbocycles. The lowest BCUT2D eigenvalue weighted by molar-refractivity contribution is 0.261. The van der Waals surface area contributed by atoms with Gasteiger partial charge in [0, 0.05) is 11.2 Å². The van der Waals surface area contributed by atoms with Gasteiger partial charge in [-0.2, -0.15) is 0 Å². The lowest BCUT2D eigenvalue weighted by Crippen LogP contribution is -2.32. The van der Waals surface area contributed by atoms with E-state index in [-0.39, 0.29) is 0 Å². The average Bonchev–Trinajstić information content (AvgIpc) is 2.14. The molecule has 0 saturated carbocycles. The maximum absolute atomic E-state index is 8.99. The Bertz CT molecular complexity index is 328. The van der Waals surface area contributed by atoms with Crippen molar-refractivity contribution in [2.45, 2.75) is 20.8 Å². The van der Waals surface area contributed by atoms with Crippen molar-refractivity contribution in [3.8, 4) is 5.88 Å². The van der Waals surface area contributed by atoms with Crippen LogP contribution < -0.4 is 10.2 Å². The highest BCUT2D eigenvalue weighted by Gasteiger charge is 2.15. The van der Waals surface area contributed by atoms with E-state index in [1.807, 2.05) is 0 Å². The van der Waals surface area contributed by atoms with E-state index in [0.29, 0.717) is 29.6 Å². The Morgan fingerprint density at radius 1 is 1.40 bits per heavy atom. The van der Waals surface area contributed by atoms with Crippen molar-refractivity contribution in [3.63, 3.8) is 0 Å². The number of aromatic nitrogens is 1. The third-order valence-corrected chi connectivity index (χ3v) is 1.94. The van der Waals surface area contributed by atoms with Gasteiger partial charge < -0.3 is 14.8 Å². The molecule has 1 heterocycles. The zero-order valence-electron chi connectivity index (χ0n) is 9.27. The molecule has 1 rings (SSSR count). The van der Waals surface area contributed by atoms with E-state index in [4.69, 9.17) is 14.8 Å². The number of aryl methyl sites for hydroxylation is 1. The average molecular weight is 209 g/mol. The highest BCUT2D eigenvalue weighted by atomic mass is 16.5. The van der Waals surface area contributed by atoms with Crippen LogP contribution in [0.25, 0.3) is 0 Å². The van der Waals surface area contributed by atoms with Crippen LogP contribution in [0.15, 0.2) is 12.1 Å². The lowest BCUT2D eigenvalue weighted by atomic mass is 9.79. The summed E-state index contributed by atoms with van der Waals surface area (Å²) in [6.07, 6.45) is 0. The third-order valence-electron chi connectivity index (χ3n) is 1.94. The molecule has 0 saturated heterocycles. The van der Waals surface area contributed by atoms with Crippen molar-refractivity contribution in [2.24, 2.45) is 5.92 Å². The maximum atomic E-state index is 8.99. The molecule has 15 heavy (non-hydrogen) atoms. The molecule has 4 nitrogen and oxygen atoms in total. The summed E-state index contributed by atoms with van der Waals surface area (Å²) in [7, 11) is -1.48. The molecule has 0 aliphatic rings. The summed E-state index contributed by atoms with van der Waals surface area (Å²) in [5, 5.41) is 18.0. The van der Waals surface area contributed by atoms with Gasteiger partial charge in [0.1, 0.15) is 0 Å². The molecule has 0 amide bonds. The van der Waals surface area contributed by atoms with Crippen LogP contribution in [-0.4, -0.2) is 28.8 Å². The second-order valence-corrected chi connectivity index (χ2v) is 3.90. The molecule has 0 atom stereocenters. The second-order valence-electron chi connectivity index (χ2n) is 3.90. The highest BCUT2D eigenvalue weighted by Crippen LogP contribution is 2.07. The normalized spacial score (nSPS) is 10.5. The Kier molecular flexibility index (Phi) is 4.11. The van der Waals surface area contributed by atoms with Crippen LogP contribution >= 0.6 is 0 Å². The number of hydrogen-bond acceptors (Lipinski definition) is 4. The number of pyridine rings is 1. The Morgan fingerprint density at radius 3 is 2.53 bits per heavy atom. The van der Waals surface area contributed by atoms with Gasteiger partial charge in [0.2, 0.25) is 5.88 Å². The van der Waals surface area contributed by atoms with Crippen LogP contribution in [0.4, 0.5) is 0 Å². The summed E-state index contributed by atoms with van der Waals surface area (Å²) >= 11 is 0. The van der Waals surface area contributed by atoms with Gasteiger partial charge in [0.15, 0.2) is 0 Å². The van der Waals surface area contributed by atoms with Crippen LogP contribution in [-0.2, 0) is 0 Å². The van der Waals surface area contributed by atoms with Crippen LogP contribution in [0.1, 0.15) is 19.5 Å². The highest BCUT2D eigenvalue weighted by molar-refractivity contribution is 6.59. The zero-order valence-corrected chi connectivity index (χ0v) is 9.27. The first-order valence-electron chi connectivity index (χ1n) is 4.97. The summed E-state index contributed by atoms with van der Waals surface area (Å²) < 4.78 is 5.41. The van der Waals surface area contributed by atoms with Crippen molar-refractivity contribution >= 4 is 12.6 Å². The molecule has 0 radical (unpaired) electrons. The van der Waals surface area contributed by atoms with Crippen molar-refractivity contribution in [2.75, 3.05) is 6.61 Å². The van der Waals surface area contributed by atoms with Crippen LogP contribution in [0, 0.1) is 12.8 Å². The molecular formula is C10H16BNO3. The first kappa shape index (κ1) is 12.0. The van der Waals surface area contributed by atoms with E-state index in [2.05, 4.69) is 18.8 Å². The van der Waals surface area contributed by atoms with Gasteiger partial charge in [-0.15, -0.1) is 0 Å². The summed E-state index contributed by atoms with van der Waals surface area (Å²) in [5.74, 6) is 0.959. The first-order valence-corrected chi connectivity index (χ1v) is 4.97. The zero-order chi connectivity index (χ0) is 11.4.